The van der Waals surface area contributed by atoms with Gasteiger partial charge in [0.15, 0.2) is 0 Å². The Bertz CT molecular complexity index is 485. The molecule has 0 saturated heterocycles. The van der Waals surface area contributed by atoms with Gasteiger partial charge in [0.1, 0.15) is 5.75 Å². The molecular weight excluding hydrogens is 270 g/mol. The molecule has 0 radical (unpaired) electrons. The van der Waals surface area contributed by atoms with E-state index in [9.17, 15) is 14.7 Å². The summed E-state index contributed by atoms with van der Waals surface area (Å²) in [5, 5.41) is 21.0. The lowest BCUT2D eigenvalue weighted by molar-refractivity contribution is -0.137. The maximum Gasteiger partial charge on any atom is 0.303 e. The molecule has 0 heterocycles. The van der Waals surface area contributed by atoms with Crippen molar-refractivity contribution in [2.24, 2.45) is 0 Å². The normalized spacial score (nSPS) is 10.3. The molecule has 21 heavy (non-hydrogen) atoms. The van der Waals surface area contributed by atoms with Crippen LogP contribution >= 0.6 is 0 Å². The average Bonchev–Trinajstić information content (AvgIpc) is 2.41. The Balaban J connectivity index is 2.15. The van der Waals surface area contributed by atoms with Crippen molar-refractivity contribution < 1.29 is 19.8 Å². The van der Waals surface area contributed by atoms with Crippen molar-refractivity contribution in [3.63, 3.8) is 0 Å². The van der Waals surface area contributed by atoms with Gasteiger partial charge < -0.3 is 15.5 Å². The fourth-order valence-electron chi connectivity index (χ4n) is 2.06. The van der Waals surface area contributed by atoms with E-state index in [-0.39, 0.29) is 18.1 Å². The van der Waals surface area contributed by atoms with Crippen LogP contribution in [0.5, 0.6) is 5.75 Å². The molecule has 3 N–H and O–H groups in total. The molecule has 0 fully saturated rings. The second kappa shape index (κ2) is 9.00. The van der Waals surface area contributed by atoms with E-state index >= 15 is 0 Å². The predicted octanol–water partition coefficient (Wildman–Crippen LogP) is 2.86. The van der Waals surface area contributed by atoms with E-state index in [1.54, 1.807) is 18.2 Å². The maximum absolute atomic E-state index is 11.9. The van der Waals surface area contributed by atoms with Crippen molar-refractivity contribution in [2.75, 3.05) is 6.54 Å². The van der Waals surface area contributed by atoms with Crippen LogP contribution in [0.4, 0.5) is 0 Å². The summed E-state index contributed by atoms with van der Waals surface area (Å²) in [7, 11) is 0. The number of hydrogen-bond acceptors (Lipinski definition) is 3. The first-order valence-corrected chi connectivity index (χ1v) is 7.30. The number of amides is 1. The van der Waals surface area contributed by atoms with Gasteiger partial charge in [-0.3, -0.25) is 9.59 Å². The number of phenols is 1. The molecule has 1 amide bonds. The standard InChI is InChI=1S/C16H23NO4/c1-12-8-9-13(14(18)11-12)16(21)17-10-6-4-2-3-5-7-15(19)20/h8-9,11,18H,2-7,10H2,1H3,(H,17,21)(H,19,20). The molecule has 0 aliphatic rings. The number of aliphatic carboxylic acids is 1. The van der Waals surface area contributed by atoms with Crippen molar-refractivity contribution in [3.8, 4) is 5.75 Å². The van der Waals surface area contributed by atoms with Crippen LogP contribution in [0.15, 0.2) is 18.2 Å². The monoisotopic (exact) mass is 293 g/mol. The topological polar surface area (TPSA) is 86.6 Å². The molecule has 0 aliphatic heterocycles. The van der Waals surface area contributed by atoms with Gasteiger partial charge in [0.25, 0.3) is 5.91 Å². The number of phenolic OH excluding ortho intramolecular Hbond substituents is 1. The number of rotatable bonds is 9. The molecule has 1 aromatic carbocycles. The van der Waals surface area contributed by atoms with E-state index in [0.29, 0.717) is 18.5 Å². The summed E-state index contributed by atoms with van der Waals surface area (Å²) in [6.07, 6.45) is 4.62. The third kappa shape index (κ3) is 6.79. The molecule has 5 heteroatoms. The Morgan fingerprint density at radius 3 is 2.43 bits per heavy atom. The number of nitrogens with one attached hydrogen (secondary N) is 1. The van der Waals surface area contributed by atoms with Gasteiger partial charge in [-0.15, -0.1) is 0 Å². The van der Waals surface area contributed by atoms with E-state index in [0.717, 1.165) is 31.2 Å². The number of carbonyl (C=O) groups is 2. The Morgan fingerprint density at radius 1 is 1.10 bits per heavy atom. The smallest absolute Gasteiger partial charge is 0.303 e. The van der Waals surface area contributed by atoms with Crippen LogP contribution in [0.25, 0.3) is 0 Å². The minimum atomic E-state index is -0.750. The summed E-state index contributed by atoms with van der Waals surface area (Å²) in [5.41, 5.74) is 1.20. The van der Waals surface area contributed by atoms with E-state index in [1.807, 2.05) is 6.92 Å². The fourth-order valence-corrected chi connectivity index (χ4v) is 2.06. The highest BCUT2D eigenvalue weighted by Crippen LogP contribution is 2.18. The highest BCUT2D eigenvalue weighted by atomic mass is 16.4. The van der Waals surface area contributed by atoms with Gasteiger partial charge in [-0.1, -0.05) is 25.3 Å². The number of aryl methyl sites for hydroxylation is 1. The zero-order valence-corrected chi connectivity index (χ0v) is 12.4. The number of carboxylic acids is 1. The number of benzene rings is 1. The van der Waals surface area contributed by atoms with Gasteiger partial charge in [-0.25, -0.2) is 0 Å². The highest BCUT2D eigenvalue weighted by Gasteiger charge is 2.09. The quantitative estimate of drug-likeness (QED) is 0.611. The Morgan fingerprint density at radius 2 is 1.76 bits per heavy atom. The van der Waals surface area contributed by atoms with Crippen molar-refractivity contribution >= 4 is 11.9 Å². The third-order valence-electron chi connectivity index (χ3n) is 3.25. The number of unbranched alkanes of at least 4 members (excludes halogenated alkanes) is 4. The summed E-state index contributed by atoms with van der Waals surface area (Å²) < 4.78 is 0. The summed E-state index contributed by atoms with van der Waals surface area (Å²) >= 11 is 0. The molecule has 0 atom stereocenters. The first-order valence-electron chi connectivity index (χ1n) is 7.30. The molecule has 1 aromatic rings. The van der Waals surface area contributed by atoms with Crippen LogP contribution in [0.1, 0.15) is 54.4 Å². The number of carbonyl (C=O) groups excluding carboxylic acids is 1. The molecule has 116 valence electrons. The van der Waals surface area contributed by atoms with Crippen molar-refractivity contribution in [3.05, 3.63) is 29.3 Å². The zero-order chi connectivity index (χ0) is 15.7. The maximum atomic E-state index is 11.9. The number of hydrogen-bond donors (Lipinski definition) is 3. The lowest BCUT2D eigenvalue weighted by atomic mass is 10.1. The van der Waals surface area contributed by atoms with E-state index < -0.39 is 5.97 Å². The Kier molecular flexibility index (Phi) is 7.29. The van der Waals surface area contributed by atoms with Crippen LogP contribution < -0.4 is 5.32 Å². The molecular formula is C16H23NO4. The summed E-state index contributed by atoms with van der Waals surface area (Å²) in [6.45, 7) is 2.41. The molecule has 0 aliphatic carbocycles. The molecule has 0 aromatic heterocycles. The predicted molar refractivity (Wildman–Crippen MR) is 80.5 cm³/mol. The lowest BCUT2D eigenvalue weighted by Gasteiger charge is -2.07. The van der Waals surface area contributed by atoms with Crippen molar-refractivity contribution in [1.29, 1.82) is 0 Å². The summed E-state index contributed by atoms with van der Waals surface area (Å²) in [6, 6.07) is 4.97. The van der Waals surface area contributed by atoms with Crippen LogP contribution in [-0.2, 0) is 4.79 Å². The van der Waals surface area contributed by atoms with Gasteiger partial charge in [-0.2, -0.15) is 0 Å². The molecule has 0 bridgehead atoms. The molecule has 5 nitrogen and oxygen atoms in total. The Hall–Kier alpha value is -2.04. The number of carboxylic acid groups (broad SMARTS) is 1. The Labute approximate surface area is 125 Å². The lowest BCUT2D eigenvalue weighted by Crippen LogP contribution is -2.24. The SMILES string of the molecule is Cc1ccc(C(=O)NCCCCCCCC(=O)O)c(O)c1. The van der Waals surface area contributed by atoms with Gasteiger partial charge >= 0.3 is 5.97 Å². The first kappa shape index (κ1) is 17.0. The molecule has 0 saturated carbocycles. The molecule has 0 spiro atoms. The van der Waals surface area contributed by atoms with Gasteiger partial charge in [-0.05, 0) is 37.5 Å². The fraction of sp³-hybridized carbons (Fsp3) is 0.500. The molecule has 0 unspecified atom stereocenters. The first-order chi connectivity index (χ1) is 10.0. The highest BCUT2D eigenvalue weighted by molar-refractivity contribution is 5.96. The van der Waals surface area contributed by atoms with Gasteiger partial charge in [0, 0.05) is 13.0 Å². The van der Waals surface area contributed by atoms with Crippen LogP contribution in [0.3, 0.4) is 0 Å². The van der Waals surface area contributed by atoms with E-state index in [1.165, 1.54) is 0 Å². The van der Waals surface area contributed by atoms with Gasteiger partial charge in [0.2, 0.25) is 0 Å². The van der Waals surface area contributed by atoms with Gasteiger partial charge in [0.05, 0.1) is 5.56 Å². The van der Waals surface area contributed by atoms with Crippen LogP contribution in [0.2, 0.25) is 0 Å². The van der Waals surface area contributed by atoms with E-state index in [2.05, 4.69) is 5.32 Å². The van der Waals surface area contributed by atoms with Crippen molar-refractivity contribution in [1.82, 2.24) is 5.32 Å². The molecule has 1 rings (SSSR count). The average molecular weight is 293 g/mol. The van der Waals surface area contributed by atoms with Crippen LogP contribution in [-0.4, -0.2) is 28.6 Å². The second-order valence-electron chi connectivity index (χ2n) is 5.19. The zero-order valence-electron chi connectivity index (χ0n) is 12.4. The van der Waals surface area contributed by atoms with E-state index in [4.69, 9.17) is 5.11 Å². The minimum absolute atomic E-state index is 0.00108. The minimum Gasteiger partial charge on any atom is -0.507 e. The summed E-state index contributed by atoms with van der Waals surface area (Å²) in [5.74, 6) is -1.01. The largest absolute Gasteiger partial charge is 0.507 e. The second-order valence-corrected chi connectivity index (χ2v) is 5.19. The number of aromatic hydroxyl groups is 1. The van der Waals surface area contributed by atoms with Crippen molar-refractivity contribution in [2.45, 2.75) is 45.4 Å². The van der Waals surface area contributed by atoms with Crippen LogP contribution in [0, 0.1) is 6.92 Å². The summed E-state index contributed by atoms with van der Waals surface area (Å²) in [4.78, 5) is 22.2. The third-order valence-corrected chi connectivity index (χ3v) is 3.25.